The van der Waals surface area contributed by atoms with Gasteiger partial charge in [0, 0.05) is 24.9 Å². The van der Waals surface area contributed by atoms with Gasteiger partial charge in [-0.1, -0.05) is 36.4 Å². The van der Waals surface area contributed by atoms with Crippen LogP contribution in [0.1, 0.15) is 48.8 Å². The summed E-state index contributed by atoms with van der Waals surface area (Å²) in [6.45, 7) is 2.07. The van der Waals surface area contributed by atoms with Crippen molar-refractivity contribution in [3.63, 3.8) is 0 Å². The molecular formula is C23H26FNO3. The fraction of sp³-hybridized carbons (Fsp3) is 0.435. The van der Waals surface area contributed by atoms with E-state index in [1.807, 2.05) is 42.2 Å². The van der Waals surface area contributed by atoms with Crippen LogP contribution in [-0.4, -0.2) is 28.2 Å². The van der Waals surface area contributed by atoms with Gasteiger partial charge >= 0.3 is 6.09 Å². The molecule has 0 aliphatic carbocycles. The molecule has 0 radical (unpaired) electrons. The smallest absolute Gasteiger partial charge is 0.410 e. The van der Waals surface area contributed by atoms with Gasteiger partial charge in [0.25, 0.3) is 0 Å². The van der Waals surface area contributed by atoms with E-state index in [4.69, 9.17) is 4.74 Å². The van der Waals surface area contributed by atoms with E-state index < -0.39 is 5.60 Å². The first-order chi connectivity index (χ1) is 13.5. The number of piperidine rings is 2. The number of carbonyl (C=O) groups excluding carboxylic acids is 1. The number of hydrogen-bond donors (Lipinski definition) is 1. The zero-order valence-electron chi connectivity index (χ0n) is 16.1. The van der Waals surface area contributed by atoms with E-state index in [0.29, 0.717) is 12.8 Å². The molecule has 2 aliphatic heterocycles. The summed E-state index contributed by atoms with van der Waals surface area (Å²) in [4.78, 5) is 14.6. The summed E-state index contributed by atoms with van der Waals surface area (Å²) >= 11 is 0. The molecule has 2 fully saturated rings. The number of nitrogens with zero attached hydrogens (tertiary/aromatic N) is 1. The normalized spacial score (nSPS) is 26.8. The SMILES string of the molecule is Cc1cc(F)ccc1C1(O)CC2CCCC(C1)N2C(=O)OCc1ccccc1. The van der Waals surface area contributed by atoms with Crippen LogP contribution in [0.2, 0.25) is 0 Å². The van der Waals surface area contributed by atoms with E-state index in [1.165, 1.54) is 12.1 Å². The highest BCUT2D eigenvalue weighted by molar-refractivity contribution is 5.69. The molecule has 2 aliphatic rings. The molecule has 2 aromatic rings. The summed E-state index contributed by atoms with van der Waals surface area (Å²) in [5.41, 5.74) is 1.43. The number of rotatable bonds is 3. The first-order valence-electron chi connectivity index (χ1n) is 9.94. The van der Waals surface area contributed by atoms with Crippen molar-refractivity contribution in [2.75, 3.05) is 0 Å². The predicted molar refractivity (Wildman–Crippen MR) is 104 cm³/mol. The Morgan fingerprint density at radius 2 is 1.86 bits per heavy atom. The predicted octanol–water partition coefficient (Wildman–Crippen LogP) is 4.68. The van der Waals surface area contributed by atoms with Crippen LogP contribution >= 0.6 is 0 Å². The molecule has 5 heteroatoms. The Hall–Kier alpha value is -2.40. The number of amides is 1. The number of hydrogen-bond acceptors (Lipinski definition) is 3. The molecule has 0 aromatic heterocycles. The number of fused-ring (bicyclic) bond motifs is 2. The maximum atomic E-state index is 13.5. The number of halogens is 1. The van der Waals surface area contributed by atoms with Gasteiger partial charge < -0.3 is 14.7 Å². The molecule has 2 heterocycles. The van der Waals surface area contributed by atoms with Crippen molar-refractivity contribution in [1.29, 1.82) is 0 Å². The van der Waals surface area contributed by atoms with E-state index >= 15 is 0 Å². The van der Waals surface area contributed by atoms with Crippen LogP contribution in [0.3, 0.4) is 0 Å². The highest BCUT2D eigenvalue weighted by Gasteiger charge is 2.49. The van der Waals surface area contributed by atoms with Gasteiger partial charge in [-0.05, 0) is 55.0 Å². The van der Waals surface area contributed by atoms with Gasteiger partial charge in [0.05, 0.1) is 5.60 Å². The standard InChI is InChI=1S/C23H26FNO3/c1-16-12-18(24)10-11-21(16)23(27)13-19-8-5-9-20(14-23)25(19)22(26)28-15-17-6-3-2-4-7-17/h2-4,6-7,10-12,19-20,27H,5,8-9,13-15H2,1H3. The summed E-state index contributed by atoms with van der Waals surface area (Å²) in [6, 6.07) is 14.0. The molecule has 4 rings (SSSR count). The largest absolute Gasteiger partial charge is 0.445 e. The Balaban J connectivity index is 1.51. The maximum Gasteiger partial charge on any atom is 0.410 e. The highest BCUT2D eigenvalue weighted by atomic mass is 19.1. The van der Waals surface area contributed by atoms with E-state index in [2.05, 4.69) is 0 Å². The van der Waals surface area contributed by atoms with Gasteiger partial charge in [0.2, 0.25) is 0 Å². The van der Waals surface area contributed by atoms with Crippen molar-refractivity contribution in [1.82, 2.24) is 4.90 Å². The van der Waals surface area contributed by atoms with Crippen LogP contribution in [0.15, 0.2) is 48.5 Å². The molecule has 2 atom stereocenters. The van der Waals surface area contributed by atoms with Gasteiger partial charge in [0.15, 0.2) is 0 Å². The summed E-state index contributed by atoms with van der Waals surface area (Å²) in [6.07, 6.45) is 3.33. The van der Waals surface area contributed by atoms with E-state index in [0.717, 1.165) is 36.0 Å². The number of aliphatic hydroxyl groups is 1. The number of benzene rings is 2. The third-order valence-corrected chi connectivity index (χ3v) is 6.11. The Kier molecular flexibility index (Phi) is 5.11. The quantitative estimate of drug-likeness (QED) is 0.838. The Bertz CT molecular complexity index is 840. The van der Waals surface area contributed by atoms with Gasteiger partial charge in [-0.3, -0.25) is 0 Å². The van der Waals surface area contributed by atoms with E-state index in [1.54, 1.807) is 6.07 Å². The van der Waals surface area contributed by atoms with Crippen molar-refractivity contribution >= 4 is 6.09 Å². The fourth-order valence-electron chi connectivity index (χ4n) is 4.89. The molecule has 2 aromatic carbocycles. The zero-order valence-corrected chi connectivity index (χ0v) is 16.1. The first-order valence-corrected chi connectivity index (χ1v) is 9.94. The van der Waals surface area contributed by atoms with Crippen LogP contribution in [0.25, 0.3) is 0 Å². The van der Waals surface area contributed by atoms with Gasteiger partial charge in [-0.15, -0.1) is 0 Å². The zero-order chi connectivity index (χ0) is 19.7. The van der Waals surface area contributed by atoms with Crippen LogP contribution < -0.4 is 0 Å². The number of ether oxygens (including phenoxy) is 1. The minimum Gasteiger partial charge on any atom is -0.445 e. The van der Waals surface area contributed by atoms with E-state index in [-0.39, 0.29) is 30.6 Å². The van der Waals surface area contributed by atoms with E-state index in [9.17, 15) is 14.3 Å². The number of aryl methyl sites for hydroxylation is 1. The Morgan fingerprint density at radius 3 is 2.50 bits per heavy atom. The molecule has 0 saturated carbocycles. The van der Waals surface area contributed by atoms with Crippen LogP contribution in [0, 0.1) is 12.7 Å². The maximum absolute atomic E-state index is 13.5. The second-order valence-corrected chi connectivity index (χ2v) is 8.09. The molecule has 28 heavy (non-hydrogen) atoms. The van der Waals surface area contributed by atoms with Crippen molar-refractivity contribution < 1.29 is 19.0 Å². The Labute approximate surface area is 164 Å². The average molecular weight is 383 g/mol. The van der Waals surface area contributed by atoms with Crippen molar-refractivity contribution in [2.45, 2.75) is 63.3 Å². The topological polar surface area (TPSA) is 49.8 Å². The molecule has 4 nitrogen and oxygen atoms in total. The lowest BCUT2D eigenvalue weighted by Gasteiger charge is -2.51. The molecule has 2 saturated heterocycles. The third-order valence-electron chi connectivity index (χ3n) is 6.11. The monoisotopic (exact) mass is 383 g/mol. The third kappa shape index (κ3) is 3.63. The lowest BCUT2D eigenvalue weighted by atomic mass is 9.72. The molecule has 0 spiro atoms. The van der Waals surface area contributed by atoms with Gasteiger partial charge in [-0.25, -0.2) is 9.18 Å². The molecular weight excluding hydrogens is 357 g/mol. The minimum absolute atomic E-state index is 0.0646. The minimum atomic E-state index is -1.04. The van der Waals surface area contributed by atoms with Crippen LogP contribution in [0.5, 0.6) is 0 Å². The second-order valence-electron chi connectivity index (χ2n) is 8.09. The van der Waals surface area contributed by atoms with Crippen molar-refractivity contribution in [3.8, 4) is 0 Å². The Morgan fingerprint density at radius 1 is 1.18 bits per heavy atom. The summed E-state index contributed by atoms with van der Waals surface area (Å²) in [5.74, 6) is -0.299. The molecule has 148 valence electrons. The second kappa shape index (κ2) is 7.55. The van der Waals surface area contributed by atoms with Crippen molar-refractivity contribution in [2.24, 2.45) is 0 Å². The summed E-state index contributed by atoms with van der Waals surface area (Å²) in [5, 5.41) is 11.4. The molecule has 2 unspecified atom stereocenters. The summed E-state index contributed by atoms with van der Waals surface area (Å²) in [7, 11) is 0. The lowest BCUT2D eigenvalue weighted by Crippen LogP contribution is -2.59. The van der Waals surface area contributed by atoms with Crippen molar-refractivity contribution in [3.05, 3.63) is 71.0 Å². The molecule has 2 bridgehead atoms. The fourth-order valence-corrected chi connectivity index (χ4v) is 4.89. The van der Waals surface area contributed by atoms with Gasteiger partial charge in [0.1, 0.15) is 12.4 Å². The molecule has 1 N–H and O–H groups in total. The average Bonchev–Trinajstić information content (AvgIpc) is 2.66. The lowest BCUT2D eigenvalue weighted by molar-refractivity contribution is -0.0899. The molecule has 1 amide bonds. The number of carbonyl (C=O) groups is 1. The van der Waals surface area contributed by atoms with Crippen LogP contribution in [-0.2, 0) is 16.9 Å². The van der Waals surface area contributed by atoms with Gasteiger partial charge in [-0.2, -0.15) is 0 Å². The van der Waals surface area contributed by atoms with Crippen LogP contribution in [0.4, 0.5) is 9.18 Å². The summed E-state index contributed by atoms with van der Waals surface area (Å²) < 4.78 is 19.1. The highest BCUT2D eigenvalue weighted by Crippen LogP contribution is 2.45. The first kappa shape index (κ1) is 18.9.